The van der Waals surface area contributed by atoms with Crippen LogP contribution in [0.1, 0.15) is 109 Å². The number of benzene rings is 1. The Morgan fingerprint density at radius 3 is 2.41 bits per heavy atom. The predicted molar refractivity (Wildman–Crippen MR) is 122 cm³/mol. The molecule has 0 radical (unpaired) electrons. The molecule has 0 saturated heterocycles. The van der Waals surface area contributed by atoms with E-state index < -0.39 is 0 Å². The van der Waals surface area contributed by atoms with Crippen LogP contribution >= 0.6 is 0 Å². The summed E-state index contributed by atoms with van der Waals surface area (Å²) in [6.45, 7) is 11.2. The molecule has 29 heavy (non-hydrogen) atoms. The Kier molecular flexibility index (Phi) is 8.24. The van der Waals surface area contributed by atoms with E-state index in [1.807, 2.05) is 0 Å². The van der Waals surface area contributed by atoms with Gasteiger partial charge in [0.1, 0.15) is 5.75 Å². The molecular formula is C27H42O2. The molecule has 162 valence electrons. The van der Waals surface area contributed by atoms with E-state index in [0.29, 0.717) is 12.0 Å². The summed E-state index contributed by atoms with van der Waals surface area (Å²) in [6.07, 6.45) is 14.6. The second-order valence-corrected chi connectivity index (χ2v) is 9.66. The van der Waals surface area contributed by atoms with Crippen molar-refractivity contribution in [2.75, 3.05) is 0 Å². The fourth-order valence-corrected chi connectivity index (χ4v) is 5.19. The van der Waals surface area contributed by atoms with E-state index in [1.165, 1.54) is 68.9 Å². The van der Waals surface area contributed by atoms with E-state index in [1.54, 1.807) is 0 Å². The molecule has 3 rings (SSSR count). The molecule has 0 aliphatic heterocycles. The zero-order chi connectivity index (χ0) is 20.7. The van der Waals surface area contributed by atoms with Crippen LogP contribution in [0.25, 0.3) is 0 Å². The maximum atomic E-state index is 6.61. The fourth-order valence-electron chi connectivity index (χ4n) is 5.19. The number of hydrogen-bond donors (Lipinski definition) is 0. The van der Waals surface area contributed by atoms with Crippen molar-refractivity contribution in [3.8, 4) is 5.75 Å². The Morgan fingerprint density at radius 1 is 1.07 bits per heavy atom. The molecule has 0 amide bonds. The molecule has 0 N–H and O–H groups in total. The van der Waals surface area contributed by atoms with Crippen LogP contribution in [0.2, 0.25) is 0 Å². The summed E-state index contributed by atoms with van der Waals surface area (Å²) in [5.41, 5.74) is 3.08. The number of hydrogen-bond acceptors (Lipinski definition) is 2. The molecule has 3 unspecified atom stereocenters. The maximum absolute atomic E-state index is 6.61. The van der Waals surface area contributed by atoms with Crippen molar-refractivity contribution in [1.29, 1.82) is 0 Å². The maximum Gasteiger partial charge on any atom is 0.200 e. The van der Waals surface area contributed by atoms with E-state index in [2.05, 4.69) is 51.6 Å². The molecule has 0 heterocycles. The second-order valence-electron chi connectivity index (χ2n) is 9.66. The van der Waals surface area contributed by atoms with Crippen molar-refractivity contribution in [1.82, 2.24) is 0 Å². The minimum Gasteiger partial charge on any atom is -0.465 e. The van der Waals surface area contributed by atoms with Gasteiger partial charge in [0.15, 0.2) is 0 Å². The highest BCUT2D eigenvalue weighted by Gasteiger charge is 2.36. The highest BCUT2D eigenvalue weighted by Crippen LogP contribution is 2.45. The fraction of sp³-hybridized carbons (Fsp3) is 0.704. The molecule has 2 heteroatoms. The van der Waals surface area contributed by atoms with Crippen molar-refractivity contribution in [2.24, 2.45) is 5.41 Å². The van der Waals surface area contributed by atoms with Crippen molar-refractivity contribution in [3.05, 3.63) is 42.0 Å². The quantitative estimate of drug-likeness (QED) is 0.308. The van der Waals surface area contributed by atoms with Gasteiger partial charge in [-0.05, 0) is 80.4 Å². The predicted octanol–water partition coefficient (Wildman–Crippen LogP) is 8.17. The summed E-state index contributed by atoms with van der Waals surface area (Å²) in [5.74, 6) is 1.54. The molecule has 3 atom stereocenters. The molecule has 0 bridgehead atoms. The third-order valence-electron chi connectivity index (χ3n) is 7.44. The van der Waals surface area contributed by atoms with Crippen LogP contribution in [0.5, 0.6) is 5.75 Å². The van der Waals surface area contributed by atoms with Gasteiger partial charge in [-0.25, -0.2) is 0 Å². The van der Waals surface area contributed by atoms with Gasteiger partial charge in [-0.15, -0.1) is 0 Å². The summed E-state index contributed by atoms with van der Waals surface area (Å²) in [5, 5.41) is 0. The molecule has 2 aliphatic rings. The minimum absolute atomic E-state index is 0.154. The SMILES string of the molecule is C=C1CCCC(CC)(CC(Oc2ccc(C(C)CC)cc2)OC2CCCCC2)C1. The first kappa shape index (κ1) is 22.4. The lowest BCUT2D eigenvalue weighted by Gasteiger charge is -2.40. The van der Waals surface area contributed by atoms with Gasteiger partial charge < -0.3 is 9.47 Å². The average Bonchev–Trinajstić information content (AvgIpc) is 2.74. The average molecular weight is 399 g/mol. The van der Waals surface area contributed by atoms with E-state index >= 15 is 0 Å². The van der Waals surface area contributed by atoms with E-state index in [9.17, 15) is 0 Å². The van der Waals surface area contributed by atoms with Crippen LogP contribution in [0, 0.1) is 5.41 Å². The molecule has 0 aromatic heterocycles. The third-order valence-corrected chi connectivity index (χ3v) is 7.44. The van der Waals surface area contributed by atoms with Gasteiger partial charge >= 0.3 is 0 Å². The van der Waals surface area contributed by atoms with Gasteiger partial charge in [-0.2, -0.15) is 0 Å². The first-order valence-corrected chi connectivity index (χ1v) is 12.1. The summed E-state index contributed by atoms with van der Waals surface area (Å²) in [7, 11) is 0. The second kappa shape index (κ2) is 10.7. The van der Waals surface area contributed by atoms with E-state index in [4.69, 9.17) is 9.47 Å². The summed E-state index contributed by atoms with van der Waals surface area (Å²) >= 11 is 0. The molecule has 1 aromatic rings. The molecule has 2 fully saturated rings. The van der Waals surface area contributed by atoms with Gasteiger partial charge in [0.25, 0.3) is 0 Å². The van der Waals surface area contributed by atoms with Crippen LogP contribution in [0.4, 0.5) is 0 Å². The summed E-state index contributed by atoms with van der Waals surface area (Å²) < 4.78 is 13.1. The number of rotatable bonds is 9. The van der Waals surface area contributed by atoms with Crippen LogP contribution in [0.15, 0.2) is 36.4 Å². The van der Waals surface area contributed by atoms with Crippen molar-refractivity contribution < 1.29 is 9.47 Å². The lowest BCUT2D eigenvalue weighted by molar-refractivity contribution is -0.148. The Morgan fingerprint density at radius 2 is 1.79 bits per heavy atom. The van der Waals surface area contributed by atoms with Gasteiger partial charge in [-0.1, -0.05) is 64.3 Å². The van der Waals surface area contributed by atoms with Crippen molar-refractivity contribution in [2.45, 2.75) is 116 Å². The lowest BCUT2D eigenvalue weighted by Crippen LogP contribution is -2.36. The van der Waals surface area contributed by atoms with Gasteiger partial charge in [0, 0.05) is 6.42 Å². The minimum atomic E-state index is -0.154. The summed E-state index contributed by atoms with van der Waals surface area (Å²) in [4.78, 5) is 0. The smallest absolute Gasteiger partial charge is 0.200 e. The topological polar surface area (TPSA) is 18.5 Å². The molecule has 1 aromatic carbocycles. The van der Waals surface area contributed by atoms with E-state index in [0.717, 1.165) is 25.0 Å². The first-order valence-electron chi connectivity index (χ1n) is 12.1. The van der Waals surface area contributed by atoms with Gasteiger partial charge in [0.2, 0.25) is 6.29 Å². The van der Waals surface area contributed by atoms with Gasteiger partial charge in [0.05, 0.1) is 6.10 Å². The molecule has 0 spiro atoms. The lowest BCUT2D eigenvalue weighted by atomic mass is 9.68. The first-order chi connectivity index (χ1) is 14.0. The van der Waals surface area contributed by atoms with Crippen LogP contribution < -0.4 is 4.74 Å². The van der Waals surface area contributed by atoms with Gasteiger partial charge in [-0.3, -0.25) is 0 Å². The largest absolute Gasteiger partial charge is 0.465 e. The van der Waals surface area contributed by atoms with Crippen LogP contribution in [-0.2, 0) is 4.74 Å². The zero-order valence-corrected chi connectivity index (χ0v) is 19.1. The zero-order valence-electron chi connectivity index (χ0n) is 19.1. The van der Waals surface area contributed by atoms with Crippen molar-refractivity contribution >= 4 is 0 Å². The standard InChI is InChI=1S/C27H42O2/c1-5-22(4)23-14-16-25(17-15-23)29-26(28-24-12-8-7-9-13-24)20-27(6-2)18-10-11-21(3)19-27/h14-17,22,24,26H,3,5-13,18-20H2,1-2,4H3. The Hall–Kier alpha value is -1.28. The van der Waals surface area contributed by atoms with Crippen molar-refractivity contribution in [3.63, 3.8) is 0 Å². The molecule has 2 aliphatic carbocycles. The number of ether oxygens (including phenoxy) is 2. The number of allylic oxidation sites excluding steroid dienone is 1. The highest BCUT2D eigenvalue weighted by molar-refractivity contribution is 5.29. The normalized spacial score (nSPS) is 25.6. The highest BCUT2D eigenvalue weighted by atomic mass is 16.7. The molecule has 2 nitrogen and oxygen atoms in total. The monoisotopic (exact) mass is 398 g/mol. The summed E-state index contributed by atoms with van der Waals surface area (Å²) in [6, 6.07) is 8.71. The Labute approximate surface area is 179 Å². The Bertz CT molecular complexity index is 628. The van der Waals surface area contributed by atoms with Crippen LogP contribution in [-0.4, -0.2) is 12.4 Å². The van der Waals surface area contributed by atoms with E-state index in [-0.39, 0.29) is 11.7 Å². The third kappa shape index (κ3) is 6.35. The molecule has 2 saturated carbocycles. The Balaban J connectivity index is 1.72. The van der Waals surface area contributed by atoms with Crippen LogP contribution in [0.3, 0.4) is 0 Å². The molecular weight excluding hydrogens is 356 g/mol.